The predicted octanol–water partition coefficient (Wildman–Crippen LogP) is 1.90. The van der Waals surface area contributed by atoms with Crippen LogP contribution in [0.4, 0.5) is 5.13 Å². The molecule has 1 fully saturated rings. The van der Waals surface area contributed by atoms with Crippen LogP contribution in [-0.2, 0) is 16.0 Å². The van der Waals surface area contributed by atoms with Crippen molar-refractivity contribution in [2.45, 2.75) is 32.1 Å². The molecular formula is C11H14N2O3S. The van der Waals surface area contributed by atoms with Crippen LogP contribution in [0.3, 0.4) is 0 Å². The van der Waals surface area contributed by atoms with Crippen LogP contribution in [0.5, 0.6) is 0 Å². The van der Waals surface area contributed by atoms with Gasteiger partial charge in [0.1, 0.15) is 0 Å². The summed E-state index contributed by atoms with van der Waals surface area (Å²) in [5.74, 6) is -0.562. The summed E-state index contributed by atoms with van der Waals surface area (Å²) in [7, 11) is 0. The van der Waals surface area contributed by atoms with Crippen LogP contribution in [0.15, 0.2) is 5.38 Å². The number of anilines is 1. The summed E-state index contributed by atoms with van der Waals surface area (Å²) in [6.45, 7) is 0. The highest BCUT2D eigenvalue weighted by Gasteiger charge is 2.30. The molecule has 1 aliphatic rings. The molecule has 2 rings (SSSR count). The Hall–Kier alpha value is -1.43. The molecule has 0 saturated heterocycles. The third-order valence-electron chi connectivity index (χ3n) is 2.55. The van der Waals surface area contributed by atoms with Gasteiger partial charge in [0.2, 0.25) is 5.91 Å². The molecular weight excluding hydrogens is 240 g/mol. The van der Waals surface area contributed by atoms with E-state index < -0.39 is 5.97 Å². The molecule has 0 bridgehead atoms. The summed E-state index contributed by atoms with van der Waals surface area (Å²) in [6.07, 6.45) is 3.32. The standard InChI is InChI=1S/C11H14N2O3S/c14-9(15)3-1-2-8-6-17-11(12-8)13-10(16)7-4-5-7/h6-7H,1-5H2,(H,14,15)(H,12,13,16). The van der Waals surface area contributed by atoms with Gasteiger partial charge in [-0.25, -0.2) is 4.98 Å². The minimum absolute atomic E-state index is 0.0523. The van der Waals surface area contributed by atoms with E-state index in [9.17, 15) is 9.59 Å². The van der Waals surface area contributed by atoms with E-state index in [-0.39, 0.29) is 18.2 Å². The fraction of sp³-hybridized carbons (Fsp3) is 0.545. The maximum Gasteiger partial charge on any atom is 0.303 e. The molecule has 0 radical (unpaired) electrons. The van der Waals surface area contributed by atoms with Crippen LogP contribution in [0, 0.1) is 5.92 Å². The van der Waals surface area contributed by atoms with Crippen molar-refractivity contribution in [1.82, 2.24) is 4.98 Å². The molecule has 0 spiro atoms. The monoisotopic (exact) mass is 254 g/mol. The number of carbonyl (C=O) groups excluding carboxylic acids is 1. The number of aromatic nitrogens is 1. The Balaban J connectivity index is 1.78. The van der Waals surface area contributed by atoms with Gasteiger partial charge >= 0.3 is 5.97 Å². The van der Waals surface area contributed by atoms with Gasteiger partial charge in [-0.15, -0.1) is 11.3 Å². The van der Waals surface area contributed by atoms with Crippen LogP contribution in [0.2, 0.25) is 0 Å². The van der Waals surface area contributed by atoms with Crippen molar-refractivity contribution in [3.8, 4) is 0 Å². The van der Waals surface area contributed by atoms with E-state index in [1.807, 2.05) is 5.38 Å². The van der Waals surface area contributed by atoms with E-state index in [1.165, 1.54) is 11.3 Å². The molecule has 0 unspecified atom stereocenters. The third-order valence-corrected chi connectivity index (χ3v) is 3.36. The molecule has 1 saturated carbocycles. The van der Waals surface area contributed by atoms with E-state index in [0.717, 1.165) is 18.5 Å². The molecule has 0 aromatic carbocycles. The Morgan fingerprint density at radius 3 is 2.94 bits per heavy atom. The van der Waals surface area contributed by atoms with Crippen molar-refractivity contribution < 1.29 is 14.7 Å². The van der Waals surface area contributed by atoms with Gasteiger partial charge in [-0.1, -0.05) is 0 Å². The van der Waals surface area contributed by atoms with Gasteiger partial charge < -0.3 is 10.4 Å². The van der Waals surface area contributed by atoms with Gasteiger partial charge in [0.05, 0.1) is 5.69 Å². The fourth-order valence-corrected chi connectivity index (χ4v) is 2.20. The topological polar surface area (TPSA) is 79.3 Å². The zero-order chi connectivity index (χ0) is 12.3. The second-order valence-corrected chi connectivity index (χ2v) is 5.01. The molecule has 2 N–H and O–H groups in total. The van der Waals surface area contributed by atoms with E-state index in [0.29, 0.717) is 18.0 Å². The van der Waals surface area contributed by atoms with Gasteiger partial charge in [-0.3, -0.25) is 9.59 Å². The number of thiazole rings is 1. The highest BCUT2D eigenvalue weighted by atomic mass is 32.1. The third kappa shape index (κ3) is 3.81. The van der Waals surface area contributed by atoms with Crippen LogP contribution in [-0.4, -0.2) is 22.0 Å². The maximum absolute atomic E-state index is 11.5. The van der Waals surface area contributed by atoms with Crippen LogP contribution in [0.25, 0.3) is 0 Å². The Bertz CT molecular complexity index is 426. The van der Waals surface area contributed by atoms with E-state index in [4.69, 9.17) is 5.11 Å². The smallest absolute Gasteiger partial charge is 0.303 e. The zero-order valence-corrected chi connectivity index (χ0v) is 10.1. The lowest BCUT2D eigenvalue weighted by Gasteiger charge is -1.98. The zero-order valence-electron chi connectivity index (χ0n) is 9.31. The van der Waals surface area contributed by atoms with Crippen molar-refractivity contribution in [2.24, 2.45) is 5.92 Å². The van der Waals surface area contributed by atoms with Crippen LogP contribution < -0.4 is 5.32 Å². The predicted molar refractivity (Wildman–Crippen MR) is 64.0 cm³/mol. The number of hydrogen-bond acceptors (Lipinski definition) is 4. The average molecular weight is 254 g/mol. The van der Waals surface area contributed by atoms with E-state index in [2.05, 4.69) is 10.3 Å². The van der Waals surface area contributed by atoms with Crippen molar-refractivity contribution in [3.63, 3.8) is 0 Å². The summed E-state index contributed by atoms with van der Waals surface area (Å²) < 4.78 is 0. The molecule has 1 aromatic heterocycles. The van der Waals surface area contributed by atoms with Gasteiger partial charge in [0.15, 0.2) is 5.13 Å². The summed E-state index contributed by atoms with van der Waals surface area (Å²) in [4.78, 5) is 26.1. The molecule has 1 aliphatic carbocycles. The first kappa shape index (κ1) is 12.0. The Labute approximate surface area is 103 Å². The highest BCUT2D eigenvalue weighted by Crippen LogP contribution is 2.30. The molecule has 1 amide bonds. The lowest BCUT2D eigenvalue weighted by Crippen LogP contribution is -2.13. The molecule has 1 heterocycles. The first-order valence-corrected chi connectivity index (χ1v) is 6.50. The van der Waals surface area contributed by atoms with Crippen molar-refractivity contribution >= 4 is 28.3 Å². The molecule has 5 nitrogen and oxygen atoms in total. The van der Waals surface area contributed by atoms with E-state index >= 15 is 0 Å². The number of aryl methyl sites for hydroxylation is 1. The van der Waals surface area contributed by atoms with Crippen molar-refractivity contribution in [2.75, 3.05) is 5.32 Å². The Morgan fingerprint density at radius 2 is 2.29 bits per heavy atom. The molecule has 92 valence electrons. The lowest BCUT2D eigenvalue weighted by molar-refractivity contribution is -0.137. The van der Waals surface area contributed by atoms with Crippen molar-refractivity contribution in [1.29, 1.82) is 0 Å². The highest BCUT2D eigenvalue weighted by molar-refractivity contribution is 7.13. The first-order chi connectivity index (χ1) is 8.15. The van der Waals surface area contributed by atoms with E-state index in [1.54, 1.807) is 0 Å². The number of nitrogens with zero attached hydrogens (tertiary/aromatic N) is 1. The largest absolute Gasteiger partial charge is 0.481 e. The lowest BCUT2D eigenvalue weighted by atomic mass is 10.2. The summed E-state index contributed by atoms with van der Waals surface area (Å²) in [5, 5.41) is 13.8. The Morgan fingerprint density at radius 1 is 1.53 bits per heavy atom. The fourth-order valence-electron chi connectivity index (χ4n) is 1.45. The summed E-state index contributed by atoms with van der Waals surface area (Å²) in [6, 6.07) is 0. The Kier molecular flexibility index (Phi) is 3.73. The molecule has 0 aliphatic heterocycles. The minimum Gasteiger partial charge on any atom is -0.481 e. The molecule has 1 aromatic rings. The molecule has 0 atom stereocenters. The van der Waals surface area contributed by atoms with Crippen LogP contribution in [0.1, 0.15) is 31.4 Å². The van der Waals surface area contributed by atoms with Gasteiger partial charge in [0, 0.05) is 17.7 Å². The summed E-state index contributed by atoms with van der Waals surface area (Å²) >= 11 is 1.39. The van der Waals surface area contributed by atoms with Crippen LogP contribution >= 0.6 is 11.3 Å². The second-order valence-electron chi connectivity index (χ2n) is 4.15. The SMILES string of the molecule is O=C(O)CCCc1csc(NC(=O)C2CC2)n1. The quantitative estimate of drug-likeness (QED) is 0.812. The summed E-state index contributed by atoms with van der Waals surface area (Å²) in [5.41, 5.74) is 0.849. The number of rotatable bonds is 6. The first-order valence-electron chi connectivity index (χ1n) is 5.62. The number of carboxylic acids is 1. The second kappa shape index (κ2) is 5.27. The van der Waals surface area contributed by atoms with Gasteiger partial charge in [-0.05, 0) is 25.7 Å². The van der Waals surface area contributed by atoms with Gasteiger partial charge in [-0.2, -0.15) is 0 Å². The van der Waals surface area contributed by atoms with Gasteiger partial charge in [0.25, 0.3) is 0 Å². The average Bonchev–Trinajstić information content (AvgIpc) is 3.02. The number of amides is 1. The number of hydrogen-bond donors (Lipinski definition) is 2. The number of nitrogens with one attached hydrogen (secondary N) is 1. The number of carboxylic acid groups (broad SMARTS) is 1. The molecule has 17 heavy (non-hydrogen) atoms. The maximum atomic E-state index is 11.5. The van der Waals surface area contributed by atoms with Crippen molar-refractivity contribution in [3.05, 3.63) is 11.1 Å². The number of carbonyl (C=O) groups is 2. The molecule has 6 heteroatoms. The number of aliphatic carboxylic acids is 1. The normalized spacial score (nSPS) is 14.6. The minimum atomic E-state index is -0.789.